The highest BCUT2D eigenvalue weighted by molar-refractivity contribution is 7.80. The highest BCUT2D eigenvalue weighted by atomic mass is 32.1. The third kappa shape index (κ3) is 1.65. The van der Waals surface area contributed by atoms with Crippen LogP contribution in [0.4, 0.5) is 5.69 Å². The van der Waals surface area contributed by atoms with Gasteiger partial charge in [0.2, 0.25) is 5.11 Å². The van der Waals surface area contributed by atoms with E-state index < -0.39 is 0 Å². The zero-order chi connectivity index (χ0) is 12.5. The van der Waals surface area contributed by atoms with Crippen LogP contribution in [-0.2, 0) is 0 Å². The van der Waals surface area contributed by atoms with E-state index in [1.807, 2.05) is 36.5 Å². The van der Waals surface area contributed by atoms with Crippen molar-refractivity contribution in [3.05, 3.63) is 42.6 Å². The maximum absolute atomic E-state index is 5.36. The van der Waals surface area contributed by atoms with Gasteiger partial charge >= 0.3 is 0 Å². The van der Waals surface area contributed by atoms with Gasteiger partial charge in [0.15, 0.2) is 0 Å². The average molecular weight is 254 g/mol. The second kappa shape index (κ2) is 4.19. The number of nitrogens with two attached hydrogens (primary N) is 1. The highest BCUT2D eigenvalue weighted by Gasteiger charge is 2.16. The largest absolute Gasteiger partial charge is 0.373 e. The average Bonchev–Trinajstić information content (AvgIpc) is 2.71. The quantitative estimate of drug-likeness (QED) is 0.514. The molecule has 88 valence electrons. The molecular weight excluding hydrogens is 244 g/mol. The molecule has 0 saturated carbocycles. The lowest BCUT2D eigenvalue weighted by molar-refractivity contribution is 1.26. The fraction of sp³-hybridized carbons (Fsp3) is 0. The van der Waals surface area contributed by atoms with E-state index in [1.54, 1.807) is 0 Å². The van der Waals surface area contributed by atoms with Gasteiger partial charge in [-0.3, -0.25) is 0 Å². The van der Waals surface area contributed by atoms with Crippen molar-refractivity contribution in [2.75, 3.05) is 0 Å². The summed E-state index contributed by atoms with van der Waals surface area (Å²) in [5.74, 6) is 0. The van der Waals surface area contributed by atoms with Crippen LogP contribution < -0.4 is 5.73 Å². The van der Waals surface area contributed by atoms with Crippen LogP contribution in [0.1, 0.15) is 0 Å². The molecule has 3 N–H and O–H groups in total. The minimum absolute atomic E-state index is 0.0318. The molecule has 0 unspecified atom stereocenters. The molecule has 1 aromatic carbocycles. The molecule has 18 heavy (non-hydrogen) atoms. The Morgan fingerprint density at radius 2 is 1.89 bits per heavy atom. The molecule has 5 heteroatoms. The summed E-state index contributed by atoms with van der Waals surface area (Å²) in [4.78, 5) is 3.19. The molecule has 0 aromatic heterocycles. The first-order valence-corrected chi connectivity index (χ1v) is 5.87. The molecule has 0 bridgehead atoms. The first-order chi connectivity index (χ1) is 8.77. The predicted octanol–water partition coefficient (Wildman–Crippen LogP) is 3.60. The highest BCUT2D eigenvalue weighted by Crippen LogP contribution is 2.43. The maximum Gasteiger partial charge on any atom is 0.211 e. The number of thiocarbonyl (C=S) groups is 1. The second-order valence-corrected chi connectivity index (χ2v) is 4.31. The van der Waals surface area contributed by atoms with Crippen LogP contribution in [0.2, 0.25) is 0 Å². The van der Waals surface area contributed by atoms with Gasteiger partial charge in [0.1, 0.15) is 5.69 Å². The smallest absolute Gasteiger partial charge is 0.211 e. The minimum Gasteiger partial charge on any atom is -0.373 e. The van der Waals surface area contributed by atoms with Gasteiger partial charge < -0.3 is 10.7 Å². The molecule has 0 radical (unpaired) electrons. The summed E-state index contributed by atoms with van der Waals surface area (Å²) in [5, 5.41) is 10.1. The van der Waals surface area contributed by atoms with Crippen molar-refractivity contribution >= 4 is 33.8 Å². The molecule has 0 amide bonds. The third-order valence-corrected chi connectivity index (χ3v) is 2.90. The number of nitrogens with one attached hydrogen (secondary N) is 1. The SMILES string of the molecule is NC(=S)N=Nc1c2[nH]cccc-2c2ccccc12. The van der Waals surface area contributed by atoms with E-state index in [2.05, 4.69) is 21.3 Å². The lowest BCUT2D eigenvalue weighted by Crippen LogP contribution is -2.01. The lowest BCUT2D eigenvalue weighted by atomic mass is 10.1. The number of nitrogens with zero attached hydrogens (tertiary/aromatic N) is 2. The van der Waals surface area contributed by atoms with Gasteiger partial charge in [0, 0.05) is 17.1 Å². The summed E-state index contributed by atoms with van der Waals surface area (Å²) in [6, 6.07) is 12.1. The summed E-state index contributed by atoms with van der Waals surface area (Å²) in [5.41, 5.74) is 8.19. The number of rotatable bonds is 1. The molecule has 1 heterocycles. The Labute approximate surface area is 109 Å². The van der Waals surface area contributed by atoms with Crippen LogP contribution >= 0.6 is 12.2 Å². The van der Waals surface area contributed by atoms with Gasteiger partial charge in [-0.2, -0.15) is 0 Å². The van der Waals surface area contributed by atoms with E-state index >= 15 is 0 Å². The fourth-order valence-electron chi connectivity index (χ4n) is 2.12. The number of azo groups is 1. The van der Waals surface area contributed by atoms with Gasteiger partial charge in [-0.15, -0.1) is 10.2 Å². The van der Waals surface area contributed by atoms with Gasteiger partial charge in [0.05, 0.1) is 5.69 Å². The number of aromatic amines is 1. The standard InChI is InChI=1S/C13H10N4S/c14-13(18)17-16-12-10-5-2-1-4-8(10)9-6-3-7-15-11(9)12/h1-7,15H,(H2,14,18). The van der Waals surface area contributed by atoms with Crippen molar-refractivity contribution in [3.63, 3.8) is 0 Å². The summed E-state index contributed by atoms with van der Waals surface area (Å²) in [7, 11) is 0. The van der Waals surface area contributed by atoms with Crippen molar-refractivity contribution in [2.24, 2.45) is 16.0 Å². The van der Waals surface area contributed by atoms with Gasteiger partial charge in [-0.1, -0.05) is 30.3 Å². The number of aromatic nitrogens is 1. The van der Waals surface area contributed by atoms with Crippen molar-refractivity contribution in [1.82, 2.24) is 4.98 Å². The normalized spacial score (nSPS) is 11.6. The molecule has 2 aliphatic rings. The lowest BCUT2D eigenvalue weighted by Gasteiger charge is -1.98. The summed E-state index contributed by atoms with van der Waals surface area (Å²) in [6.45, 7) is 0. The minimum atomic E-state index is 0.0318. The van der Waals surface area contributed by atoms with Crippen LogP contribution in [0.15, 0.2) is 52.8 Å². The zero-order valence-electron chi connectivity index (χ0n) is 9.42. The van der Waals surface area contributed by atoms with Gasteiger partial charge in [-0.05, 0) is 23.7 Å². The van der Waals surface area contributed by atoms with Gasteiger partial charge in [-0.25, -0.2) is 0 Å². The zero-order valence-corrected chi connectivity index (χ0v) is 10.2. The Morgan fingerprint density at radius 1 is 1.11 bits per heavy atom. The first kappa shape index (κ1) is 10.9. The molecular formula is C13H10N4S. The topological polar surface area (TPSA) is 66.5 Å². The van der Waals surface area contributed by atoms with E-state index in [4.69, 9.17) is 18.0 Å². The van der Waals surface area contributed by atoms with Crippen LogP contribution in [0, 0.1) is 0 Å². The van der Waals surface area contributed by atoms with Crippen molar-refractivity contribution in [1.29, 1.82) is 0 Å². The third-order valence-electron chi connectivity index (χ3n) is 2.81. The summed E-state index contributed by atoms with van der Waals surface area (Å²) in [6.07, 6.45) is 1.86. The molecule has 1 aromatic rings. The maximum atomic E-state index is 5.36. The Kier molecular flexibility index (Phi) is 2.53. The number of fused-ring (bicyclic) bond motifs is 3. The number of pyridine rings is 1. The number of hydrogen-bond acceptors (Lipinski definition) is 2. The molecule has 1 aliphatic carbocycles. The fourth-order valence-corrected chi connectivity index (χ4v) is 2.16. The van der Waals surface area contributed by atoms with Crippen molar-refractivity contribution in [2.45, 2.75) is 0 Å². The summed E-state index contributed by atoms with van der Waals surface area (Å²) >= 11 is 4.72. The monoisotopic (exact) mass is 254 g/mol. The molecule has 0 spiro atoms. The Morgan fingerprint density at radius 3 is 2.67 bits per heavy atom. The van der Waals surface area contributed by atoms with E-state index in [0.717, 1.165) is 27.7 Å². The molecule has 1 aliphatic heterocycles. The second-order valence-electron chi connectivity index (χ2n) is 3.89. The molecule has 3 rings (SSSR count). The Balaban J connectivity index is 2.36. The van der Waals surface area contributed by atoms with E-state index in [9.17, 15) is 0 Å². The Hall–Kier alpha value is -2.27. The van der Waals surface area contributed by atoms with Crippen molar-refractivity contribution in [3.8, 4) is 11.3 Å². The van der Waals surface area contributed by atoms with Crippen LogP contribution in [0.25, 0.3) is 22.0 Å². The van der Waals surface area contributed by atoms with Crippen molar-refractivity contribution < 1.29 is 0 Å². The number of benzene rings is 1. The van der Waals surface area contributed by atoms with E-state index in [-0.39, 0.29) is 5.11 Å². The summed E-state index contributed by atoms with van der Waals surface area (Å²) < 4.78 is 0. The van der Waals surface area contributed by atoms with E-state index in [0.29, 0.717) is 0 Å². The molecule has 4 nitrogen and oxygen atoms in total. The van der Waals surface area contributed by atoms with E-state index in [1.165, 1.54) is 0 Å². The Bertz CT molecular complexity index is 729. The molecule has 0 saturated heterocycles. The molecule has 0 fully saturated rings. The number of hydrogen-bond donors (Lipinski definition) is 2. The predicted molar refractivity (Wildman–Crippen MR) is 76.2 cm³/mol. The first-order valence-electron chi connectivity index (χ1n) is 5.46. The molecule has 0 atom stereocenters. The number of H-pyrrole nitrogens is 1. The van der Waals surface area contributed by atoms with Crippen LogP contribution in [-0.4, -0.2) is 10.1 Å². The van der Waals surface area contributed by atoms with Crippen LogP contribution in [0.5, 0.6) is 0 Å². The van der Waals surface area contributed by atoms with Gasteiger partial charge in [0.25, 0.3) is 0 Å². The van der Waals surface area contributed by atoms with Crippen LogP contribution in [0.3, 0.4) is 0 Å².